The number of aryl methyl sites for hydroxylation is 1. The van der Waals surface area contributed by atoms with E-state index in [-0.39, 0.29) is 0 Å². The highest BCUT2D eigenvalue weighted by atomic mass is 16.5. The third-order valence-corrected chi connectivity index (χ3v) is 5.31. The summed E-state index contributed by atoms with van der Waals surface area (Å²) >= 11 is 0. The van der Waals surface area contributed by atoms with Gasteiger partial charge in [0.2, 0.25) is 0 Å². The Bertz CT molecular complexity index is 914. The molecule has 1 unspecified atom stereocenters. The highest BCUT2D eigenvalue weighted by Crippen LogP contribution is 2.42. The van der Waals surface area contributed by atoms with E-state index >= 15 is 0 Å². The van der Waals surface area contributed by atoms with E-state index in [0.717, 1.165) is 35.5 Å². The van der Waals surface area contributed by atoms with Gasteiger partial charge < -0.3 is 9.47 Å². The SMILES string of the molecule is COc1ccc(-c2[c]nc3c(c2C)C(c2ccc(OC)cc2)CC3)cc1. The molecule has 0 aliphatic heterocycles. The highest BCUT2D eigenvalue weighted by molar-refractivity contribution is 5.69. The third kappa shape index (κ3) is 2.84. The zero-order chi connectivity index (χ0) is 18.1. The summed E-state index contributed by atoms with van der Waals surface area (Å²) in [6.45, 7) is 2.19. The van der Waals surface area contributed by atoms with Crippen molar-refractivity contribution < 1.29 is 9.47 Å². The van der Waals surface area contributed by atoms with Crippen molar-refractivity contribution in [2.45, 2.75) is 25.7 Å². The lowest BCUT2D eigenvalue weighted by Crippen LogP contribution is -2.02. The third-order valence-electron chi connectivity index (χ3n) is 5.31. The predicted octanol–water partition coefficient (Wildman–Crippen LogP) is 4.95. The van der Waals surface area contributed by atoms with Crippen molar-refractivity contribution in [2.75, 3.05) is 14.2 Å². The van der Waals surface area contributed by atoms with E-state index in [9.17, 15) is 0 Å². The first kappa shape index (κ1) is 16.6. The molecular weight excluding hydrogens is 322 g/mol. The summed E-state index contributed by atoms with van der Waals surface area (Å²) in [5.41, 5.74) is 7.34. The van der Waals surface area contributed by atoms with Gasteiger partial charge >= 0.3 is 0 Å². The van der Waals surface area contributed by atoms with E-state index < -0.39 is 0 Å². The monoisotopic (exact) mass is 344 g/mol. The molecule has 0 saturated carbocycles. The second kappa shape index (κ2) is 6.83. The summed E-state index contributed by atoms with van der Waals surface area (Å²) in [4.78, 5) is 4.67. The van der Waals surface area contributed by atoms with E-state index in [1.54, 1.807) is 14.2 Å². The summed E-state index contributed by atoms with van der Waals surface area (Å²) in [5.74, 6) is 2.13. The molecule has 1 aliphatic rings. The maximum atomic E-state index is 5.29. The molecular formula is C23H22NO2. The van der Waals surface area contributed by atoms with Gasteiger partial charge in [0.25, 0.3) is 0 Å². The van der Waals surface area contributed by atoms with Crippen molar-refractivity contribution in [3.63, 3.8) is 0 Å². The van der Waals surface area contributed by atoms with Crippen molar-refractivity contribution in [2.24, 2.45) is 0 Å². The number of fused-ring (bicyclic) bond motifs is 1. The van der Waals surface area contributed by atoms with E-state index in [2.05, 4.69) is 42.4 Å². The van der Waals surface area contributed by atoms with Gasteiger partial charge in [-0.15, -0.1) is 0 Å². The number of hydrogen-bond acceptors (Lipinski definition) is 3. The van der Waals surface area contributed by atoms with Crippen LogP contribution in [0.3, 0.4) is 0 Å². The largest absolute Gasteiger partial charge is 0.497 e. The average Bonchev–Trinajstić information content (AvgIpc) is 3.13. The molecule has 1 heterocycles. The van der Waals surface area contributed by atoms with Gasteiger partial charge in [-0.05, 0) is 66.3 Å². The Hall–Kier alpha value is -2.81. The number of aromatic nitrogens is 1. The Kier molecular flexibility index (Phi) is 4.37. The Morgan fingerprint density at radius 2 is 1.54 bits per heavy atom. The van der Waals surface area contributed by atoms with Gasteiger partial charge in [-0.2, -0.15) is 0 Å². The Labute approximate surface area is 154 Å². The quantitative estimate of drug-likeness (QED) is 0.671. The number of rotatable bonds is 4. The fourth-order valence-corrected chi connectivity index (χ4v) is 3.91. The second-order valence-corrected chi connectivity index (χ2v) is 6.68. The lowest BCUT2D eigenvalue weighted by atomic mass is 9.88. The fourth-order valence-electron chi connectivity index (χ4n) is 3.91. The van der Waals surface area contributed by atoms with Gasteiger partial charge in [-0.25, -0.2) is 0 Å². The van der Waals surface area contributed by atoms with Crippen LogP contribution in [0.4, 0.5) is 0 Å². The molecule has 0 amide bonds. The summed E-state index contributed by atoms with van der Waals surface area (Å²) in [6, 6.07) is 16.5. The van der Waals surface area contributed by atoms with Gasteiger partial charge in [0.05, 0.1) is 20.4 Å². The molecule has 4 rings (SSSR count). The summed E-state index contributed by atoms with van der Waals surface area (Å²) in [6.07, 6.45) is 5.37. The van der Waals surface area contributed by atoms with Gasteiger partial charge in [0.1, 0.15) is 11.5 Å². The summed E-state index contributed by atoms with van der Waals surface area (Å²) in [7, 11) is 3.38. The highest BCUT2D eigenvalue weighted by Gasteiger charge is 2.28. The minimum atomic E-state index is 0.384. The molecule has 0 fully saturated rings. The number of hydrogen-bond donors (Lipinski definition) is 0. The van der Waals surface area contributed by atoms with Gasteiger partial charge in [0, 0.05) is 17.2 Å². The van der Waals surface area contributed by atoms with Crippen molar-refractivity contribution in [1.82, 2.24) is 4.98 Å². The Morgan fingerprint density at radius 3 is 2.15 bits per heavy atom. The van der Waals surface area contributed by atoms with Crippen LogP contribution in [-0.4, -0.2) is 19.2 Å². The fraction of sp³-hybridized carbons (Fsp3) is 0.261. The molecule has 131 valence electrons. The number of pyridine rings is 1. The first-order chi connectivity index (χ1) is 12.7. The van der Waals surface area contributed by atoms with Crippen LogP contribution in [0.5, 0.6) is 11.5 Å². The van der Waals surface area contributed by atoms with Crippen LogP contribution >= 0.6 is 0 Å². The normalized spacial score (nSPS) is 15.6. The number of methoxy groups -OCH3 is 2. The predicted molar refractivity (Wildman–Crippen MR) is 103 cm³/mol. The van der Waals surface area contributed by atoms with Gasteiger partial charge in [-0.1, -0.05) is 24.3 Å². The molecule has 0 bridgehead atoms. The molecule has 1 radical (unpaired) electrons. The molecule has 0 N–H and O–H groups in total. The van der Waals surface area contributed by atoms with Crippen LogP contribution in [0.15, 0.2) is 48.5 Å². The molecule has 3 heteroatoms. The van der Waals surface area contributed by atoms with Crippen LogP contribution in [0, 0.1) is 13.1 Å². The van der Waals surface area contributed by atoms with Crippen molar-refractivity contribution in [1.29, 1.82) is 0 Å². The maximum Gasteiger partial charge on any atom is 0.118 e. The second-order valence-electron chi connectivity index (χ2n) is 6.68. The van der Waals surface area contributed by atoms with Crippen LogP contribution in [0.2, 0.25) is 0 Å². The average molecular weight is 344 g/mol. The van der Waals surface area contributed by atoms with E-state index in [4.69, 9.17) is 9.47 Å². The minimum absolute atomic E-state index is 0.384. The van der Waals surface area contributed by atoms with Crippen molar-refractivity contribution in [3.8, 4) is 22.6 Å². The Balaban J connectivity index is 1.75. The topological polar surface area (TPSA) is 31.4 Å². The molecule has 3 aromatic rings. The van der Waals surface area contributed by atoms with Gasteiger partial charge in [0.15, 0.2) is 0 Å². The standard InChI is InChI=1S/C23H22NO2/c1-15-21(17-6-10-19(26-3)11-7-17)14-24-22-13-12-20(23(15)22)16-4-8-18(25-2)9-5-16/h4-11,20H,12-13H2,1-3H3. The van der Waals surface area contributed by atoms with Crippen LogP contribution in [0.1, 0.15) is 34.7 Å². The zero-order valence-electron chi connectivity index (χ0n) is 15.4. The van der Waals surface area contributed by atoms with Gasteiger partial charge in [-0.3, -0.25) is 4.98 Å². The molecule has 0 spiro atoms. The van der Waals surface area contributed by atoms with E-state index in [0.29, 0.717) is 5.92 Å². The molecule has 1 aliphatic carbocycles. The van der Waals surface area contributed by atoms with E-state index in [1.807, 2.05) is 24.3 Å². The first-order valence-electron chi connectivity index (χ1n) is 8.90. The summed E-state index contributed by atoms with van der Waals surface area (Å²) in [5, 5.41) is 0. The van der Waals surface area contributed by atoms with Crippen molar-refractivity contribution >= 4 is 0 Å². The summed E-state index contributed by atoms with van der Waals surface area (Å²) < 4.78 is 10.6. The van der Waals surface area contributed by atoms with E-state index in [1.165, 1.54) is 22.4 Å². The number of ether oxygens (including phenoxy) is 2. The molecule has 0 saturated heterocycles. The number of nitrogens with zero attached hydrogens (tertiary/aromatic N) is 1. The van der Waals surface area contributed by atoms with Crippen LogP contribution in [0.25, 0.3) is 11.1 Å². The zero-order valence-corrected chi connectivity index (χ0v) is 15.4. The molecule has 1 atom stereocenters. The Morgan fingerprint density at radius 1 is 0.923 bits per heavy atom. The lowest BCUT2D eigenvalue weighted by molar-refractivity contribution is 0.414. The molecule has 26 heavy (non-hydrogen) atoms. The smallest absolute Gasteiger partial charge is 0.118 e. The minimum Gasteiger partial charge on any atom is -0.497 e. The molecule has 2 aromatic carbocycles. The molecule has 3 nitrogen and oxygen atoms in total. The number of benzene rings is 2. The molecule has 1 aromatic heterocycles. The lowest BCUT2D eigenvalue weighted by Gasteiger charge is -2.17. The van der Waals surface area contributed by atoms with Crippen LogP contribution in [-0.2, 0) is 6.42 Å². The van der Waals surface area contributed by atoms with Crippen molar-refractivity contribution in [3.05, 3.63) is 77.1 Å². The maximum absolute atomic E-state index is 5.29. The van der Waals surface area contributed by atoms with Crippen LogP contribution < -0.4 is 9.47 Å². The first-order valence-corrected chi connectivity index (χ1v) is 8.90.